The fourth-order valence-electron chi connectivity index (χ4n) is 4.55. The first-order valence-electron chi connectivity index (χ1n) is 15.2. The largest absolute Gasteiger partial charge is 0.491 e. The summed E-state index contributed by atoms with van der Waals surface area (Å²) in [6, 6.07) is 15.4. The molecule has 42 heavy (non-hydrogen) atoms. The molecular weight excluding hydrogens is 541 g/mol. The van der Waals surface area contributed by atoms with Crippen molar-refractivity contribution in [1.29, 1.82) is 0 Å². The smallest absolute Gasteiger partial charge is 0.343 e. The van der Waals surface area contributed by atoms with Crippen LogP contribution in [-0.2, 0) is 0 Å². The first kappa shape index (κ1) is 33.0. The zero-order chi connectivity index (χ0) is 30.2. The van der Waals surface area contributed by atoms with Crippen LogP contribution in [0.25, 0.3) is 11.1 Å². The number of alkyl halides is 1. The predicted octanol–water partition coefficient (Wildman–Crippen LogP) is 10.3. The van der Waals surface area contributed by atoms with Gasteiger partial charge in [0.2, 0.25) is 5.82 Å². The number of ether oxygens (including phenoxy) is 3. The lowest BCUT2D eigenvalue weighted by molar-refractivity contribution is 0.0734. The highest BCUT2D eigenvalue weighted by Crippen LogP contribution is 2.31. The van der Waals surface area contributed by atoms with Crippen LogP contribution in [0.4, 0.5) is 13.2 Å². The summed E-state index contributed by atoms with van der Waals surface area (Å²) < 4.78 is 59.9. The van der Waals surface area contributed by atoms with Crippen LogP contribution in [0.5, 0.6) is 17.2 Å². The molecule has 4 nitrogen and oxygen atoms in total. The van der Waals surface area contributed by atoms with Crippen molar-refractivity contribution >= 4 is 5.97 Å². The monoisotopic (exact) mass is 584 g/mol. The van der Waals surface area contributed by atoms with E-state index in [1.807, 2.05) is 0 Å². The maximum Gasteiger partial charge on any atom is 0.343 e. The Morgan fingerprint density at radius 2 is 1.31 bits per heavy atom. The Kier molecular flexibility index (Phi) is 14.3. The molecule has 7 heteroatoms. The minimum absolute atomic E-state index is 0.0261. The van der Waals surface area contributed by atoms with Gasteiger partial charge in [-0.2, -0.15) is 4.39 Å². The van der Waals surface area contributed by atoms with E-state index in [0.717, 1.165) is 44.9 Å². The van der Waals surface area contributed by atoms with E-state index in [4.69, 9.17) is 14.2 Å². The first-order chi connectivity index (χ1) is 20.4. The third kappa shape index (κ3) is 10.7. The van der Waals surface area contributed by atoms with Gasteiger partial charge >= 0.3 is 5.97 Å². The lowest BCUT2D eigenvalue weighted by Gasteiger charge is -2.12. The third-order valence-electron chi connectivity index (χ3n) is 7.07. The molecule has 0 unspecified atom stereocenters. The summed E-state index contributed by atoms with van der Waals surface area (Å²) in [5.41, 5.74) is 0.823. The SMILES string of the molecule is CCCCCCCCOc1ccc(-c2ccc(OC(=O)c3ccc(OC[C@@H](F)CCCCCC)cc3)cc2)c(F)c1F. The average molecular weight is 585 g/mol. The zero-order valence-corrected chi connectivity index (χ0v) is 24.8. The van der Waals surface area contributed by atoms with E-state index < -0.39 is 23.8 Å². The minimum Gasteiger partial charge on any atom is -0.491 e. The highest BCUT2D eigenvalue weighted by molar-refractivity contribution is 5.91. The molecule has 0 saturated heterocycles. The molecule has 0 heterocycles. The molecule has 0 bridgehead atoms. The molecule has 1 atom stereocenters. The van der Waals surface area contributed by atoms with Gasteiger partial charge in [-0.05, 0) is 66.9 Å². The number of halogens is 3. The number of carbonyl (C=O) groups excluding carboxylic acids is 1. The Bertz CT molecular complexity index is 1210. The van der Waals surface area contributed by atoms with Crippen LogP contribution in [0.3, 0.4) is 0 Å². The first-order valence-corrected chi connectivity index (χ1v) is 15.2. The third-order valence-corrected chi connectivity index (χ3v) is 7.07. The quantitative estimate of drug-likeness (QED) is 0.0799. The highest BCUT2D eigenvalue weighted by Gasteiger charge is 2.17. The second kappa shape index (κ2) is 18.1. The average Bonchev–Trinajstić information content (AvgIpc) is 3.00. The summed E-state index contributed by atoms with van der Waals surface area (Å²) in [6.45, 7) is 4.59. The van der Waals surface area contributed by atoms with Gasteiger partial charge in [0, 0.05) is 5.56 Å². The molecular formula is C35H43F3O4. The molecule has 228 valence electrons. The molecule has 0 aliphatic rings. The standard InChI is InChI=1S/C35H43F3O4/c1-3-5-7-9-10-12-24-40-32-23-22-31(33(37)34(32)38)26-14-20-30(21-15-26)42-35(39)27-16-18-29(19-17-27)41-25-28(36)13-11-8-6-4-2/h14-23,28H,3-13,24-25H2,1-2H3/t28-/m0/s1. The van der Waals surface area contributed by atoms with E-state index in [1.165, 1.54) is 43.5 Å². The van der Waals surface area contributed by atoms with Crippen molar-refractivity contribution in [2.24, 2.45) is 0 Å². The van der Waals surface area contributed by atoms with Crippen LogP contribution in [0.15, 0.2) is 60.7 Å². The maximum absolute atomic E-state index is 14.8. The van der Waals surface area contributed by atoms with Crippen molar-refractivity contribution in [2.45, 2.75) is 90.6 Å². The maximum atomic E-state index is 14.8. The minimum atomic E-state index is -1.03. The topological polar surface area (TPSA) is 44.8 Å². The molecule has 0 fully saturated rings. The lowest BCUT2D eigenvalue weighted by atomic mass is 10.0. The predicted molar refractivity (Wildman–Crippen MR) is 161 cm³/mol. The van der Waals surface area contributed by atoms with Gasteiger partial charge in [0.25, 0.3) is 0 Å². The van der Waals surface area contributed by atoms with Gasteiger partial charge in [-0.1, -0.05) is 83.8 Å². The van der Waals surface area contributed by atoms with Crippen molar-refractivity contribution < 1.29 is 32.2 Å². The molecule has 0 N–H and O–H groups in total. The van der Waals surface area contributed by atoms with Crippen LogP contribution < -0.4 is 14.2 Å². The number of hydrogen-bond acceptors (Lipinski definition) is 4. The molecule has 3 aromatic rings. The van der Waals surface area contributed by atoms with E-state index in [1.54, 1.807) is 36.4 Å². The van der Waals surface area contributed by atoms with Crippen LogP contribution in [0, 0.1) is 11.6 Å². The van der Waals surface area contributed by atoms with Gasteiger partial charge in [0.1, 0.15) is 24.3 Å². The van der Waals surface area contributed by atoms with Gasteiger partial charge in [0.05, 0.1) is 12.2 Å². The molecule has 3 rings (SSSR count). The second-order valence-electron chi connectivity index (χ2n) is 10.6. The van der Waals surface area contributed by atoms with Gasteiger partial charge in [-0.25, -0.2) is 13.6 Å². The van der Waals surface area contributed by atoms with E-state index in [-0.39, 0.29) is 23.7 Å². The Hall–Kier alpha value is -3.48. The second-order valence-corrected chi connectivity index (χ2v) is 10.6. The molecule has 0 aliphatic heterocycles. The van der Waals surface area contributed by atoms with Crippen molar-refractivity contribution in [2.75, 3.05) is 13.2 Å². The summed E-state index contributed by atoms with van der Waals surface area (Å²) in [5, 5.41) is 0. The van der Waals surface area contributed by atoms with E-state index in [0.29, 0.717) is 29.9 Å². The fraction of sp³-hybridized carbons (Fsp3) is 0.457. The van der Waals surface area contributed by atoms with Gasteiger partial charge in [-0.3, -0.25) is 0 Å². The zero-order valence-electron chi connectivity index (χ0n) is 24.8. The fourth-order valence-corrected chi connectivity index (χ4v) is 4.55. The molecule has 0 aromatic heterocycles. The molecule has 0 amide bonds. The normalized spacial score (nSPS) is 11.7. The Labute approximate surface area is 248 Å². The molecule has 0 spiro atoms. The molecule has 0 radical (unpaired) electrons. The summed E-state index contributed by atoms with van der Waals surface area (Å²) in [6.07, 6.45) is 10.00. The van der Waals surface area contributed by atoms with Crippen molar-refractivity contribution in [1.82, 2.24) is 0 Å². The van der Waals surface area contributed by atoms with Gasteiger partial charge in [-0.15, -0.1) is 0 Å². The summed E-state index contributed by atoms with van der Waals surface area (Å²) >= 11 is 0. The lowest BCUT2D eigenvalue weighted by Crippen LogP contribution is -2.13. The Balaban J connectivity index is 1.49. The summed E-state index contributed by atoms with van der Waals surface area (Å²) in [7, 11) is 0. The van der Waals surface area contributed by atoms with Crippen LogP contribution in [-0.4, -0.2) is 25.4 Å². The number of carbonyl (C=O) groups is 1. The molecule has 0 aliphatic carbocycles. The van der Waals surface area contributed by atoms with Gasteiger partial charge in [0.15, 0.2) is 11.6 Å². The molecule has 3 aromatic carbocycles. The van der Waals surface area contributed by atoms with Crippen LogP contribution in [0.1, 0.15) is 94.8 Å². The van der Waals surface area contributed by atoms with Gasteiger partial charge < -0.3 is 14.2 Å². The number of hydrogen-bond donors (Lipinski definition) is 0. The van der Waals surface area contributed by atoms with Crippen molar-refractivity contribution in [3.8, 4) is 28.4 Å². The Morgan fingerprint density at radius 3 is 2.00 bits per heavy atom. The van der Waals surface area contributed by atoms with E-state index in [2.05, 4.69) is 13.8 Å². The number of unbranched alkanes of at least 4 members (excludes halogenated alkanes) is 8. The summed E-state index contributed by atoms with van der Waals surface area (Å²) in [4.78, 5) is 12.6. The number of esters is 1. The summed E-state index contributed by atoms with van der Waals surface area (Å²) in [5.74, 6) is -1.96. The number of rotatable bonds is 19. The highest BCUT2D eigenvalue weighted by atomic mass is 19.2. The van der Waals surface area contributed by atoms with E-state index >= 15 is 0 Å². The van der Waals surface area contributed by atoms with Crippen molar-refractivity contribution in [3.05, 3.63) is 77.9 Å². The van der Waals surface area contributed by atoms with E-state index in [9.17, 15) is 18.0 Å². The molecule has 0 saturated carbocycles. The Morgan fingerprint density at radius 1 is 0.690 bits per heavy atom. The van der Waals surface area contributed by atoms with Crippen LogP contribution in [0.2, 0.25) is 0 Å². The van der Waals surface area contributed by atoms with Crippen LogP contribution >= 0.6 is 0 Å². The van der Waals surface area contributed by atoms with Crippen molar-refractivity contribution in [3.63, 3.8) is 0 Å². The number of benzene rings is 3.